The third-order valence-electron chi connectivity index (χ3n) is 6.83. The molecule has 0 saturated carbocycles. The third kappa shape index (κ3) is 5.00. The maximum absolute atomic E-state index is 13.2. The molecule has 8 heteroatoms. The number of oxime groups is 1. The fraction of sp³-hybridized carbons (Fsp3) is 0.480. The number of nitrogens with zero attached hydrogens (tertiary/aromatic N) is 4. The molecule has 4 rings (SSSR count). The molecule has 7 nitrogen and oxygen atoms in total. The number of benzene rings is 1. The van der Waals surface area contributed by atoms with Crippen molar-refractivity contribution in [3.05, 3.63) is 59.2 Å². The van der Waals surface area contributed by atoms with Crippen molar-refractivity contribution in [3.8, 4) is 0 Å². The molecule has 1 aromatic heterocycles. The van der Waals surface area contributed by atoms with Crippen molar-refractivity contribution in [2.45, 2.75) is 39.2 Å². The molecule has 3 heterocycles. The number of amides is 1. The summed E-state index contributed by atoms with van der Waals surface area (Å²) in [6.07, 6.45) is 4.83. The summed E-state index contributed by atoms with van der Waals surface area (Å²) >= 11 is 0. The van der Waals surface area contributed by atoms with E-state index in [1.54, 1.807) is 12.1 Å². The molecule has 0 radical (unpaired) electrons. The van der Waals surface area contributed by atoms with Crippen LogP contribution in [-0.4, -0.2) is 69.7 Å². The van der Waals surface area contributed by atoms with Crippen LogP contribution in [0.1, 0.15) is 59.0 Å². The Morgan fingerprint density at radius 2 is 1.85 bits per heavy atom. The number of hydrogen-bond donors (Lipinski definition) is 1. The summed E-state index contributed by atoms with van der Waals surface area (Å²) in [5.41, 5.74) is 2.46. The van der Waals surface area contributed by atoms with Crippen molar-refractivity contribution in [2.75, 3.05) is 32.7 Å². The van der Waals surface area contributed by atoms with E-state index in [4.69, 9.17) is 0 Å². The van der Waals surface area contributed by atoms with Gasteiger partial charge in [0, 0.05) is 49.3 Å². The number of carbonyl (C=O) groups is 2. The highest BCUT2D eigenvalue weighted by Crippen LogP contribution is 2.23. The molecule has 0 aliphatic carbocycles. The largest absolute Gasteiger partial charge is 0.411 e. The molecule has 33 heavy (non-hydrogen) atoms. The van der Waals surface area contributed by atoms with E-state index in [0.29, 0.717) is 43.0 Å². The predicted molar refractivity (Wildman–Crippen MR) is 123 cm³/mol. The van der Waals surface area contributed by atoms with Gasteiger partial charge in [-0.1, -0.05) is 5.16 Å². The van der Waals surface area contributed by atoms with Gasteiger partial charge in [0.2, 0.25) is 0 Å². The lowest BCUT2D eigenvalue weighted by Crippen LogP contribution is -2.39. The first-order chi connectivity index (χ1) is 16.0. The van der Waals surface area contributed by atoms with E-state index in [9.17, 15) is 19.2 Å². The molecule has 0 unspecified atom stereocenters. The van der Waals surface area contributed by atoms with Crippen LogP contribution < -0.4 is 0 Å². The van der Waals surface area contributed by atoms with Crippen molar-refractivity contribution in [2.24, 2.45) is 11.1 Å². The number of fused-ring (bicyclic) bond motifs is 1. The maximum Gasteiger partial charge on any atom is 0.271 e. The van der Waals surface area contributed by atoms with Gasteiger partial charge in [0.1, 0.15) is 11.5 Å². The molecule has 1 fully saturated rings. The summed E-state index contributed by atoms with van der Waals surface area (Å²) in [5.74, 6) is -0.265. The molecule has 0 spiro atoms. The molecular formula is C25H31FN4O3. The highest BCUT2D eigenvalue weighted by molar-refractivity contribution is 6.11. The highest BCUT2D eigenvalue weighted by Gasteiger charge is 2.30. The second kappa shape index (κ2) is 10.3. The summed E-state index contributed by atoms with van der Waals surface area (Å²) in [6, 6.07) is 7.65. The zero-order valence-electron chi connectivity index (χ0n) is 19.0. The number of hydrogen-bond acceptors (Lipinski definition) is 5. The number of ketones is 1. The Kier molecular flexibility index (Phi) is 7.23. The summed E-state index contributed by atoms with van der Waals surface area (Å²) in [6.45, 7) is 6.39. The van der Waals surface area contributed by atoms with Gasteiger partial charge in [-0.15, -0.1) is 0 Å². The van der Waals surface area contributed by atoms with Crippen molar-refractivity contribution < 1.29 is 19.2 Å². The van der Waals surface area contributed by atoms with Crippen LogP contribution in [0.5, 0.6) is 0 Å². The highest BCUT2D eigenvalue weighted by atomic mass is 19.1. The number of likely N-dealkylation sites (tertiary alicyclic amines) is 1. The number of piperidine rings is 1. The van der Waals surface area contributed by atoms with E-state index < -0.39 is 0 Å². The Morgan fingerprint density at radius 3 is 2.52 bits per heavy atom. The maximum atomic E-state index is 13.2. The molecule has 2 aliphatic heterocycles. The predicted octanol–water partition coefficient (Wildman–Crippen LogP) is 3.66. The Morgan fingerprint density at radius 1 is 1.12 bits per heavy atom. The summed E-state index contributed by atoms with van der Waals surface area (Å²) in [4.78, 5) is 30.1. The first kappa shape index (κ1) is 23.2. The van der Waals surface area contributed by atoms with Crippen LogP contribution in [0, 0.1) is 11.7 Å². The van der Waals surface area contributed by atoms with Gasteiger partial charge >= 0.3 is 0 Å². The van der Waals surface area contributed by atoms with Gasteiger partial charge in [0.05, 0.1) is 5.71 Å². The minimum absolute atomic E-state index is 0.0147. The molecule has 2 aliphatic rings. The molecule has 1 saturated heterocycles. The Bertz CT molecular complexity index is 1020. The Hall–Kier alpha value is -3.00. The van der Waals surface area contributed by atoms with E-state index in [0.717, 1.165) is 44.5 Å². The van der Waals surface area contributed by atoms with Gasteiger partial charge < -0.3 is 19.6 Å². The molecule has 0 atom stereocenters. The van der Waals surface area contributed by atoms with Crippen LogP contribution >= 0.6 is 0 Å². The average Bonchev–Trinajstić information content (AvgIpc) is 3.22. The van der Waals surface area contributed by atoms with Gasteiger partial charge in [-0.25, -0.2) is 4.39 Å². The van der Waals surface area contributed by atoms with Crippen LogP contribution in [0.25, 0.3) is 0 Å². The summed E-state index contributed by atoms with van der Waals surface area (Å²) in [7, 11) is 0. The van der Waals surface area contributed by atoms with E-state index in [1.807, 2.05) is 28.7 Å². The van der Waals surface area contributed by atoms with Crippen LogP contribution in [-0.2, 0) is 6.54 Å². The lowest BCUT2D eigenvalue weighted by Gasteiger charge is -2.32. The zero-order valence-corrected chi connectivity index (χ0v) is 19.0. The summed E-state index contributed by atoms with van der Waals surface area (Å²) < 4.78 is 15.0. The number of halogens is 1. The minimum atomic E-state index is -0.330. The Labute approximate surface area is 193 Å². The van der Waals surface area contributed by atoms with Gasteiger partial charge in [-0.2, -0.15) is 0 Å². The molecular weight excluding hydrogens is 423 g/mol. The second-order valence-electron chi connectivity index (χ2n) is 8.79. The SMILES string of the molecule is CCn1ccc2c1C(=O)N(CCCN1CCC(C(=O)c3ccc(F)cc3)CC1)CC/C2=N/O. The number of carbonyl (C=O) groups excluding carboxylic acids is 2. The van der Waals surface area contributed by atoms with Crippen molar-refractivity contribution >= 4 is 17.4 Å². The standard InChI is InChI=1S/C25H31FN4O3/c1-2-29-16-10-21-22(27-33)11-17-30(25(32)23(21)29)13-3-12-28-14-8-19(9-15-28)24(31)18-4-6-20(26)7-5-18/h4-7,10,16,19,33H,2-3,8-9,11-15,17H2,1H3/b27-22-. The molecule has 2 aromatic rings. The molecule has 1 amide bonds. The fourth-order valence-electron chi connectivity index (χ4n) is 4.90. The van der Waals surface area contributed by atoms with Crippen LogP contribution in [0.4, 0.5) is 4.39 Å². The van der Waals surface area contributed by atoms with E-state index in [1.165, 1.54) is 12.1 Å². The van der Waals surface area contributed by atoms with E-state index in [-0.39, 0.29) is 23.4 Å². The van der Waals surface area contributed by atoms with Crippen LogP contribution in [0.15, 0.2) is 41.7 Å². The number of aryl methyl sites for hydroxylation is 1. The number of aromatic nitrogens is 1. The lowest BCUT2D eigenvalue weighted by molar-refractivity contribution is 0.0732. The average molecular weight is 455 g/mol. The van der Waals surface area contributed by atoms with Crippen LogP contribution in [0.2, 0.25) is 0 Å². The van der Waals surface area contributed by atoms with Crippen molar-refractivity contribution in [1.82, 2.24) is 14.4 Å². The first-order valence-electron chi connectivity index (χ1n) is 11.7. The molecule has 0 bridgehead atoms. The first-order valence-corrected chi connectivity index (χ1v) is 11.7. The smallest absolute Gasteiger partial charge is 0.271 e. The van der Waals surface area contributed by atoms with E-state index >= 15 is 0 Å². The zero-order chi connectivity index (χ0) is 23.4. The minimum Gasteiger partial charge on any atom is -0.411 e. The summed E-state index contributed by atoms with van der Waals surface area (Å²) in [5, 5.41) is 12.8. The van der Waals surface area contributed by atoms with Crippen molar-refractivity contribution in [3.63, 3.8) is 0 Å². The van der Waals surface area contributed by atoms with Crippen LogP contribution in [0.3, 0.4) is 0 Å². The van der Waals surface area contributed by atoms with Gasteiger partial charge in [0.25, 0.3) is 5.91 Å². The topological polar surface area (TPSA) is 78.1 Å². The quantitative estimate of drug-likeness (QED) is 0.394. The lowest BCUT2D eigenvalue weighted by atomic mass is 9.89. The van der Waals surface area contributed by atoms with Gasteiger partial charge in [-0.3, -0.25) is 9.59 Å². The molecule has 1 aromatic carbocycles. The fourth-order valence-corrected chi connectivity index (χ4v) is 4.90. The van der Waals surface area contributed by atoms with Gasteiger partial charge in [-0.05, 0) is 76.2 Å². The molecule has 176 valence electrons. The normalized spacial score (nSPS) is 19.0. The second-order valence-corrected chi connectivity index (χ2v) is 8.79. The van der Waals surface area contributed by atoms with Gasteiger partial charge in [0.15, 0.2) is 5.78 Å². The third-order valence-corrected chi connectivity index (χ3v) is 6.83. The van der Waals surface area contributed by atoms with Crippen molar-refractivity contribution in [1.29, 1.82) is 0 Å². The number of rotatable bonds is 7. The monoisotopic (exact) mass is 454 g/mol. The van der Waals surface area contributed by atoms with E-state index in [2.05, 4.69) is 10.1 Å². The molecule has 1 N–H and O–H groups in total. The number of Topliss-reactive ketones (excluding diaryl/α,β-unsaturated/α-hetero) is 1. The Balaban J connectivity index is 1.28.